The molecule has 0 aromatic heterocycles. The highest BCUT2D eigenvalue weighted by Gasteiger charge is 2.49. The Morgan fingerprint density at radius 3 is 2.73 bits per heavy atom. The number of nitrogens with two attached hydrogens (primary N) is 1. The number of benzene rings is 1. The summed E-state index contributed by atoms with van der Waals surface area (Å²) >= 11 is 0. The van der Waals surface area contributed by atoms with Crippen molar-refractivity contribution in [3.05, 3.63) is 29.3 Å². The van der Waals surface area contributed by atoms with Gasteiger partial charge in [-0.15, -0.1) is 0 Å². The van der Waals surface area contributed by atoms with Crippen molar-refractivity contribution in [2.75, 3.05) is 11.6 Å². The van der Waals surface area contributed by atoms with Gasteiger partial charge in [0.25, 0.3) is 0 Å². The molecule has 22 heavy (non-hydrogen) atoms. The Hall–Kier alpha value is -1.20. The Morgan fingerprint density at radius 2 is 2.09 bits per heavy atom. The van der Waals surface area contributed by atoms with E-state index in [2.05, 4.69) is 5.32 Å². The number of hydrogen-bond acceptors (Lipinski definition) is 3. The summed E-state index contributed by atoms with van der Waals surface area (Å²) in [5, 5.41) is 3.06. The molecule has 0 spiro atoms. The molecular weight excluding hydrogens is 296 g/mol. The van der Waals surface area contributed by atoms with Crippen LogP contribution in [0.1, 0.15) is 30.4 Å². The van der Waals surface area contributed by atoms with Crippen LogP contribution in [0.15, 0.2) is 18.2 Å². The van der Waals surface area contributed by atoms with Crippen molar-refractivity contribution in [3.63, 3.8) is 0 Å². The third-order valence-electron chi connectivity index (χ3n) is 5.35. The van der Waals surface area contributed by atoms with Crippen molar-refractivity contribution < 1.29 is 9.00 Å². The largest absolute Gasteiger partial charge is 0.327 e. The molecule has 1 amide bonds. The maximum absolute atomic E-state index is 12.6. The molecule has 2 fully saturated rings. The summed E-state index contributed by atoms with van der Waals surface area (Å²) in [6, 6.07) is 5.79. The van der Waals surface area contributed by atoms with Crippen molar-refractivity contribution in [1.29, 1.82) is 0 Å². The second-order valence-corrected chi connectivity index (χ2v) is 8.17. The topological polar surface area (TPSA) is 72.2 Å². The molecule has 0 radical (unpaired) electrons. The summed E-state index contributed by atoms with van der Waals surface area (Å²) in [6.07, 6.45) is 5.10. The normalized spacial score (nSPS) is 31.2. The number of anilines is 1. The first kappa shape index (κ1) is 15.7. The van der Waals surface area contributed by atoms with Crippen LogP contribution in [-0.4, -0.2) is 22.4 Å². The molecule has 2 aliphatic carbocycles. The maximum atomic E-state index is 12.6. The SMILES string of the molecule is Cc1c(CS(C)=O)cccc1NC(=O)C1C2CCC(C2)C1N. The zero-order valence-electron chi connectivity index (χ0n) is 13.2. The number of nitrogens with one attached hydrogen (secondary N) is 1. The molecule has 1 aromatic rings. The molecule has 4 nitrogen and oxygen atoms in total. The minimum atomic E-state index is -0.890. The van der Waals surface area contributed by atoms with E-state index in [-0.39, 0.29) is 17.9 Å². The van der Waals surface area contributed by atoms with E-state index >= 15 is 0 Å². The molecule has 2 bridgehead atoms. The summed E-state index contributed by atoms with van der Waals surface area (Å²) in [7, 11) is -0.890. The van der Waals surface area contributed by atoms with Gasteiger partial charge in [0.15, 0.2) is 0 Å². The van der Waals surface area contributed by atoms with Crippen molar-refractivity contribution in [3.8, 4) is 0 Å². The average Bonchev–Trinajstić information content (AvgIpc) is 3.03. The lowest BCUT2D eigenvalue weighted by Gasteiger charge is -2.27. The molecule has 5 heteroatoms. The van der Waals surface area contributed by atoms with Crippen molar-refractivity contribution in [2.24, 2.45) is 23.5 Å². The summed E-state index contributed by atoms with van der Waals surface area (Å²) in [5.74, 6) is 1.49. The summed E-state index contributed by atoms with van der Waals surface area (Å²) < 4.78 is 11.4. The van der Waals surface area contributed by atoms with Gasteiger partial charge >= 0.3 is 0 Å². The number of hydrogen-bond donors (Lipinski definition) is 2. The minimum Gasteiger partial charge on any atom is -0.327 e. The molecule has 1 aromatic carbocycles. The van der Waals surface area contributed by atoms with Crippen LogP contribution in [0.4, 0.5) is 5.69 Å². The first-order valence-electron chi connectivity index (χ1n) is 7.92. The predicted molar refractivity (Wildman–Crippen MR) is 89.9 cm³/mol. The molecule has 3 rings (SSSR count). The van der Waals surface area contributed by atoms with Crippen LogP contribution >= 0.6 is 0 Å². The Morgan fingerprint density at radius 1 is 1.36 bits per heavy atom. The molecule has 3 N–H and O–H groups in total. The van der Waals surface area contributed by atoms with Gasteiger partial charge < -0.3 is 11.1 Å². The molecule has 0 heterocycles. The molecular formula is C17H24N2O2S. The van der Waals surface area contributed by atoms with Gasteiger partial charge in [-0.1, -0.05) is 12.1 Å². The fourth-order valence-corrected chi connectivity index (χ4v) is 4.89. The van der Waals surface area contributed by atoms with Crippen LogP contribution in [-0.2, 0) is 21.3 Å². The minimum absolute atomic E-state index is 0.00499. The zero-order chi connectivity index (χ0) is 15.9. The molecule has 120 valence electrons. The number of fused-ring (bicyclic) bond motifs is 2. The molecule has 5 unspecified atom stereocenters. The Labute approximate surface area is 134 Å². The van der Waals surface area contributed by atoms with Gasteiger partial charge in [-0.25, -0.2) is 0 Å². The Kier molecular flexibility index (Phi) is 4.37. The number of rotatable bonds is 4. The summed E-state index contributed by atoms with van der Waals surface area (Å²) in [4.78, 5) is 12.6. The highest BCUT2D eigenvalue weighted by Crippen LogP contribution is 2.48. The first-order valence-corrected chi connectivity index (χ1v) is 9.65. The van der Waals surface area contributed by atoms with E-state index in [1.165, 1.54) is 6.42 Å². The lowest BCUT2D eigenvalue weighted by Crippen LogP contribution is -2.42. The van der Waals surface area contributed by atoms with E-state index in [9.17, 15) is 9.00 Å². The third kappa shape index (κ3) is 2.84. The quantitative estimate of drug-likeness (QED) is 0.893. The Bertz CT molecular complexity index is 615. The standard InChI is InChI=1S/C17H24N2O2S/c1-10-13(9-22(2)21)4-3-5-14(10)19-17(20)15-11-6-7-12(8-11)16(15)18/h3-5,11-12,15-16H,6-9,18H2,1-2H3,(H,19,20). The number of carbonyl (C=O) groups excluding carboxylic acids is 1. The van der Waals surface area contributed by atoms with Crippen molar-refractivity contribution in [2.45, 2.75) is 38.0 Å². The fourth-order valence-electron chi connectivity index (χ4n) is 4.14. The van der Waals surface area contributed by atoms with E-state index in [0.29, 0.717) is 17.6 Å². The van der Waals surface area contributed by atoms with E-state index in [4.69, 9.17) is 5.73 Å². The summed E-state index contributed by atoms with van der Waals surface area (Å²) in [5.41, 5.74) is 9.10. The number of amides is 1. The van der Waals surface area contributed by atoms with E-state index in [1.807, 2.05) is 25.1 Å². The fraction of sp³-hybridized carbons (Fsp3) is 0.588. The van der Waals surface area contributed by atoms with Gasteiger partial charge in [0.2, 0.25) is 5.91 Å². The number of carbonyl (C=O) groups is 1. The van der Waals surface area contributed by atoms with E-state index in [1.54, 1.807) is 6.26 Å². The monoisotopic (exact) mass is 320 g/mol. The smallest absolute Gasteiger partial charge is 0.229 e. The van der Waals surface area contributed by atoms with Crippen molar-refractivity contribution in [1.82, 2.24) is 0 Å². The van der Waals surface area contributed by atoms with Crippen LogP contribution in [0.5, 0.6) is 0 Å². The second kappa shape index (κ2) is 6.13. The summed E-state index contributed by atoms with van der Waals surface area (Å²) in [6.45, 7) is 1.97. The average molecular weight is 320 g/mol. The predicted octanol–water partition coefficient (Wildman–Crippen LogP) is 2.19. The highest BCUT2D eigenvalue weighted by molar-refractivity contribution is 7.83. The lowest BCUT2D eigenvalue weighted by molar-refractivity contribution is -0.121. The van der Waals surface area contributed by atoms with Gasteiger partial charge in [-0.2, -0.15) is 0 Å². The van der Waals surface area contributed by atoms with Gasteiger partial charge in [-0.3, -0.25) is 9.00 Å². The van der Waals surface area contributed by atoms with Gasteiger partial charge in [-0.05, 0) is 55.2 Å². The lowest BCUT2D eigenvalue weighted by atomic mass is 9.84. The zero-order valence-corrected chi connectivity index (χ0v) is 14.0. The van der Waals surface area contributed by atoms with Gasteiger partial charge in [0, 0.05) is 34.5 Å². The maximum Gasteiger partial charge on any atom is 0.229 e. The molecule has 2 aliphatic rings. The van der Waals surface area contributed by atoms with Crippen LogP contribution < -0.4 is 11.1 Å². The van der Waals surface area contributed by atoms with E-state index in [0.717, 1.165) is 29.7 Å². The van der Waals surface area contributed by atoms with Crippen LogP contribution in [0.25, 0.3) is 0 Å². The first-order chi connectivity index (χ1) is 10.5. The van der Waals surface area contributed by atoms with Gasteiger partial charge in [0.1, 0.15) is 0 Å². The van der Waals surface area contributed by atoms with Crippen LogP contribution in [0.3, 0.4) is 0 Å². The molecule has 5 atom stereocenters. The molecule has 0 saturated heterocycles. The van der Waals surface area contributed by atoms with Crippen molar-refractivity contribution >= 4 is 22.4 Å². The molecule has 2 saturated carbocycles. The van der Waals surface area contributed by atoms with Crippen LogP contribution in [0.2, 0.25) is 0 Å². The molecule has 0 aliphatic heterocycles. The van der Waals surface area contributed by atoms with Gasteiger partial charge in [0.05, 0.1) is 5.92 Å². The third-order valence-corrected chi connectivity index (χ3v) is 6.06. The van der Waals surface area contributed by atoms with Crippen LogP contribution in [0, 0.1) is 24.7 Å². The highest BCUT2D eigenvalue weighted by atomic mass is 32.2. The Balaban J connectivity index is 1.76. The van der Waals surface area contributed by atoms with E-state index < -0.39 is 10.8 Å². The second-order valence-electron chi connectivity index (χ2n) is 6.73.